The predicted molar refractivity (Wildman–Crippen MR) is 108 cm³/mol. The molecule has 3 aromatic heterocycles. The van der Waals surface area contributed by atoms with Gasteiger partial charge in [0.15, 0.2) is 5.78 Å². The number of aryl methyl sites for hydroxylation is 1. The zero-order chi connectivity index (χ0) is 22.3. The van der Waals surface area contributed by atoms with Crippen LogP contribution in [0.15, 0.2) is 48.5 Å². The summed E-state index contributed by atoms with van der Waals surface area (Å²) in [6.45, 7) is 1.35. The molecule has 0 unspecified atom stereocenters. The highest BCUT2D eigenvalue weighted by atomic mass is 19.4. The van der Waals surface area contributed by atoms with Gasteiger partial charge in [0.05, 0.1) is 5.56 Å². The number of nitrogens with zero attached hydrogens (tertiary/aromatic N) is 3. The number of rotatable bonds is 4. The third-order valence-corrected chi connectivity index (χ3v) is 4.72. The van der Waals surface area contributed by atoms with Crippen LogP contribution < -0.4 is 5.32 Å². The minimum Gasteiger partial charge on any atom is -0.339 e. The van der Waals surface area contributed by atoms with Crippen LogP contribution in [-0.4, -0.2) is 31.4 Å². The molecule has 0 spiro atoms. The monoisotopic (exact) mass is 427 g/mol. The Bertz CT molecular complexity index is 1320. The maximum Gasteiger partial charge on any atom is 0.417 e. The quantitative estimate of drug-likeness (QED) is 0.471. The number of H-pyrrole nitrogens is 1. The Morgan fingerprint density at radius 2 is 1.84 bits per heavy atom. The number of carbonyl (C=O) groups excluding carboxylic acids is 2. The molecule has 0 saturated carbocycles. The molecular weight excluding hydrogens is 411 g/mol. The fraction of sp³-hybridized carbons (Fsp3) is 0.143. The molecule has 0 saturated heterocycles. The smallest absolute Gasteiger partial charge is 0.339 e. The topological polar surface area (TPSA) is 92.7 Å². The Balaban J connectivity index is 1.65. The Labute approximate surface area is 173 Å². The predicted octanol–water partition coefficient (Wildman–Crippen LogP) is 4.44. The normalized spacial score (nSPS) is 11.6. The number of anilines is 1. The summed E-state index contributed by atoms with van der Waals surface area (Å²) >= 11 is 0. The minimum absolute atomic E-state index is 0.00484. The largest absolute Gasteiger partial charge is 0.417 e. The summed E-state index contributed by atoms with van der Waals surface area (Å²) < 4.78 is 41.3. The van der Waals surface area contributed by atoms with Gasteiger partial charge in [-0.05, 0) is 24.3 Å². The standard InChI is InChI=1S/C21H16F3N5O2/c1-11(30)15-10-17(29(2)28-15)20(31)27-18-8-7-12-9-16(25-19(12)26-18)13-5-3-4-6-14(13)21(22,23)24/h3-10H,1-2H3,(H2,25,26,27,31). The van der Waals surface area contributed by atoms with E-state index in [0.29, 0.717) is 11.0 Å². The third kappa shape index (κ3) is 3.91. The number of Topliss-reactive ketones (excluding diaryl/α,β-unsaturated/α-hetero) is 1. The van der Waals surface area contributed by atoms with E-state index in [4.69, 9.17) is 0 Å². The molecule has 0 radical (unpaired) electrons. The fourth-order valence-electron chi connectivity index (χ4n) is 3.22. The molecule has 10 heteroatoms. The molecule has 158 valence electrons. The van der Waals surface area contributed by atoms with E-state index in [0.717, 1.165) is 6.07 Å². The van der Waals surface area contributed by atoms with Crippen LogP contribution in [0.5, 0.6) is 0 Å². The maximum absolute atomic E-state index is 13.3. The van der Waals surface area contributed by atoms with E-state index in [2.05, 4.69) is 20.4 Å². The van der Waals surface area contributed by atoms with Crippen molar-refractivity contribution in [3.05, 3.63) is 65.5 Å². The molecular formula is C21H16F3N5O2. The van der Waals surface area contributed by atoms with Crippen LogP contribution in [-0.2, 0) is 13.2 Å². The second-order valence-corrected chi connectivity index (χ2v) is 6.91. The zero-order valence-electron chi connectivity index (χ0n) is 16.4. The van der Waals surface area contributed by atoms with Gasteiger partial charge >= 0.3 is 6.18 Å². The van der Waals surface area contributed by atoms with Crippen molar-refractivity contribution in [2.24, 2.45) is 7.05 Å². The molecule has 0 aliphatic heterocycles. The van der Waals surface area contributed by atoms with Crippen molar-refractivity contribution >= 4 is 28.5 Å². The van der Waals surface area contributed by atoms with Crippen molar-refractivity contribution in [3.8, 4) is 11.3 Å². The molecule has 4 aromatic rings. The van der Waals surface area contributed by atoms with E-state index in [1.807, 2.05) is 0 Å². The van der Waals surface area contributed by atoms with Crippen molar-refractivity contribution in [2.75, 3.05) is 5.32 Å². The highest BCUT2D eigenvalue weighted by Gasteiger charge is 2.33. The highest BCUT2D eigenvalue weighted by Crippen LogP contribution is 2.37. The van der Waals surface area contributed by atoms with E-state index in [1.165, 1.54) is 49.0 Å². The minimum atomic E-state index is -4.50. The number of ketones is 1. The average molecular weight is 427 g/mol. The van der Waals surface area contributed by atoms with Gasteiger partial charge in [0.25, 0.3) is 5.91 Å². The number of halogens is 3. The van der Waals surface area contributed by atoms with Crippen LogP contribution in [0.3, 0.4) is 0 Å². The maximum atomic E-state index is 13.3. The number of amides is 1. The molecule has 31 heavy (non-hydrogen) atoms. The molecule has 0 aliphatic carbocycles. The van der Waals surface area contributed by atoms with Crippen molar-refractivity contribution < 1.29 is 22.8 Å². The van der Waals surface area contributed by atoms with E-state index in [-0.39, 0.29) is 34.2 Å². The van der Waals surface area contributed by atoms with Crippen LogP contribution in [0, 0.1) is 0 Å². The highest BCUT2D eigenvalue weighted by molar-refractivity contribution is 6.04. The van der Waals surface area contributed by atoms with Gasteiger partial charge in [-0.3, -0.25) is 14.3 Å². The Hall–Kier alpha value is -3.95. The van der Waals surface area contributed by atoms with Gasteiger partial charge < -0.3 is 10.3 Å². The summed E-state index contributed by atoms with van der Waals surface area (Å²) in [7, 11) is 1.54. The second-order valence-electron chi connectivity index (χ2n) is 6.91. The first-order valence-corrected chi connectivity index (χ1v) is 9.16. The summed E-state index contributed by atoms with van der Waals surface area (Å²) in [5.41, 5.74) is 0.153. The zero-order valence-corrected chi connectivity index (χ0v) is 16.4. The third-order valence-electron chi connectivity index (χ3n) is 4.72. The molecule has 2 N–H and O–H groups in total. The van der Waals surface area contributed by atoms with Crippen molar-refractivity contribution in [3.63, 3.8) is 0 Å². The van der Waals surface area contributed by atoms with Crippen molar-refractivity contribution in [1.82, 2.24) is 19.7 Å². The van der Waals surface area contributed by atoms with Crippen LogP contribution in [0.4, 0.5) is 19.0 Å². The van der Waals surface area contributed by atoms with Crippen molar-refractivity contribution in [1.29, 1.82) is 0 Å². The Morgan fingerprint density at radius 3 is 2.52 bits per heavy atom. The number of hydrogen-bond acceptors (Lipinski definition) is 4. The van der Waals surface area contributed by atoms with Crippen molar-refractivity contribution in [2.45, 2.75) is 13.1 Å². The van der Waals surface area contributed by atoms with Gasteiger partial charge in [-0.2, -0.15) is 18.3 Å². The lowest BCUT2D eigenvalue weighted by molar-refractivity contribution is -0.137. The lowest BCUT2D eigenvalue weighted by Gasteiger charge is -2.11. The fourth-order valence-corrected chi connectivity index (χ4v) is 3.22. The van der Waals surface area contributed by atoms with Crippen LogP contribution >= 0.6 is 0 Å². The van der Waals surface area contributed by atoms with Gasteiger partial charge in [0.1, 0.15) is 22.9 Å². The number of aromatic amines is 1. The molecule has 1 amide bonds. The van der Waals surface area contributed by atoms with E-state index < -0.39 is 17.6 Å². The van der Waals surface area contributed by atoms with E-state index in [1.54, 1.807) is 12.1 Å². The number of aromatic nitrogens is 4. The molecule has 3 heterocycles. The molecule has 0 atom stereocenters. The van der Waals surface area contributed by atoms with Gasteiger partial charge in [0, 0.05) is 36.7 Å². The Kier molecular flexibility index (Phi) is 4.84. The molecule has 1 aromatic carbocycles. The molecule has 4 rings (SSSR count). The van der Waals surface area contributed by atoms with Gasteiger partial charge in [0.2, 0.25) is 0 Å². The number of alkyl halides is 3. The summed E-state index contributed by atoms with van der Waals surface area (Å²) in [5, 5.41) is 7.17. The first-order chi connectivity index (χ1) is 14.6. The number of fused-ring (bicyclic) bond motifs is 1. The SMILES string of the molecule is CC(=O)c1cc(C(=O)Nc2ccc3cc(-c4ccccc4C(F)(F)F)[nH]c3n2)n(C)n1. The van der Waals surface area contributed by atoms with Gasteiger partial charge in [-0.15, -0.1) is 0 Å². The number of carbonyl (C=O) groups is 2. The number of nitrogens with one attached hydrogen (secondary N) is 2. The lowest BCUT2D eigenvalue weighted by Crippen LogP contribution is -2.16. The summed E-state index contributed by atoms with van der Waals surface area (Å²) in [5.74, 6) is -0.601. The van der Waals surface area contributed by atoms with Gasteiger partial charge in [-0.1, -0.05) is 18.2 Å². The number of hydrogen-bond donors (Lipinski definition) is 2. The number of pyridine rings is 1. The molecule has 0 bridgehead atoms. The lowest BCUT2D eigenvalue weighted by atomic mass is 10.0. The summed E-state index contributed by atoms with van der Waals surface area (Å²) in [4.78, 5) is 31.1. The average Bonchev–Trinajstić information content (AvgIpc) is 3.30. The molecule has 0 aliphatic rings. The van der Waals surface area contributed by atoms with Crippen LogP contribution in [0.2, 0.25) is 0 Å². The first kappa shape index (κ1) is 20.3. The molecule has 7 nitrogen and oxygen atoms in total. The van der Waals surface area contributed by atoms with Crippen LogP contribution in [0.25, 0.3) is 22.3 Å². The number of benzene rings is 1. The van der Waals surface area contributed by atoms with Crippen LogP contribution in [0.1, 0.15) is 33.5 Å². The van der Waals surface area contributed by atoms with E-state index >= 15 is 0 Å². The second kappa shape index (κ2) is 7.38. The summed E-state index contributed by atoms with van der Waals surface area (Å²) in [6.07, 6.45) is -4.50. The molecule has 0 fully saturated rings. The Morgan fingerprint density at radius 1 is 1.10 bits per heavy atom. The van der Waals surface area contributed by atoms with Gasteiger partial charge in [-0.25, -0.2) is 4.98 Å². The first-order valence-electron chi connectivity index (χ1n) is 9.16. The van der Waals surface area contributed by atoms with E-state index in [9.17, 15) is 22.8 Å². The summed E-state index contributed by atoms with van der Waals surface area (Å²) in [6, 6.07) is 11.4.